The number of carbonyl (C=O) groups is 1. The molecule has 2 aromatic rings. The zero-order valence-electron chi connectivity index (χ0n) is 16.6. The highest BCUT2D eigenvalue weighted by atomic mass is 32.2. The SMILES string of the molecule is CCOCCn1c(=NC(=O)C2CCN(S(C)(=O)=O)CC2)sc2cc(C)ccc21. The molecule has 0 saturated carbocycles. The largest absolute Gasteiger partial charge is 0.380 e. The van der Waals surface area contributed by atoms with Gasteiger partial charge in [-0.2, -0.15) is 4.99 Å². The summed E-state index contributed by atoms with van der Waals surface area (Å²) >= 11 is 1.51. The molecule has 1 aliphatic rings. The fraction of sp³-hybridized carbons (Fsp3) is 0.579. The first kappa shape index (κ1) is 21.2. The van der Waals surface area contributed by atoms with E-state index in [1.54, 1.807) is 0 Å². The topological polar surface area (TPSA) is 81.0 Å². The van der Waals surface area contributed by atoms with Gasteiger partial charge in [-0.15, -0.1) is 0 Å². The molecule has 7 nitrogen and oxygen atoms in total. The molecule has 0 atom stereocenters. The molecule has 1 amide bonds. The second kappa shape index (κ2) is 8.86. The summed E-state index contributed by atoms with van der Waals surface area (Å²) in [6.45, 7) is 6.59. The van der Waals surface area contributed by atoms with Crippen molar-refractivity contribution < 1.29 is 17.9 Å². The average molecular weight is 426 g/mol. The van der Waals surface area contributed by atoms with Gasteiger partial charge in [-0.05, 0) is 44.4 Å². The molecule has 0 radical (unpaired) electrons. The van der Waals surface area contributed by atoms with Crippen molar-refractivity contribution in [3.63, 3.8) is 0 Å². The second-order valence-electron chi connectivity index (χ2n) is 7.09. The first-order valence-electron chi connectivity index (χ1n) is 9.51. The van der Waals surface area contributed by atoms with Gasteiger partial charge in [0.2, 0.25) is 10.0 Å². The highest BCUT2D eigenvalue weighted by Gasteiger charge is 2.28. The molecule has 0 spiro atoms. The summed E-state index contributed by atoms with van der Waals surface area (Å²) in [7, 11) is -3.20. The van der Waals surface area contributed by atoms with Crippen LogP contribution in [-0.4, -0.2) is 55.8 Å². The van der Waals surface area contributed by atoms with Gasteiger partial charge in [0.1, 0.15) is 0 Å². The number of rotatable bonds is 6. The number of aromatic nitrogens is 1. The lowest BCUT2D eigenvalue weighted by atomic mass is 9.98. The maximum Gasteiger partial charge on any atom is 0.251 e. The van der Waals surface area contributed by atoms with Crippen LogP contribution in [0.2, 0.25) is 0 Å². The van der Waals surface area contributed by atoms with Gasteiger partial charge in [0.15, 0.2) is 4.80 Å². The summed E-state index contributed by atoms with van der Waals surface area (Å²) in [5.41, 5.74) is 2.21. The Morgan fingerprint density at radius 3 is 2.68 bits per heavy atom. The van der Waals surface area contributed by atoms with Crippen molar-refractivity contribution in [2.24, 2.45) is 10.9 Å². The quantitative estimate of drug-likeness (QED) is 0.664. The van der Waals surface area contributed by atoms with E-state index >= 15 is 0 Å². The summed E-state index contributed by atoms with van der Waals surface area (Å²) < 4.78 is 33.4. The van der Waals surface area contributed by atoms with Crippen molar-refractivity contribution >= 4 is 37.5 Å². The first-order chi connectivity index (χ1) is 13.3. The molecule has 1 aromatic heterocycles. The van der Waals surface area contributed by atoms with E-state index in [0.717, 1.165) is 15.8 Å². The Morgan fingerprint density at radius 1 is 1.32 bits per heavy atom. The number of carbonyl (C=O) groups excluding carboxylic acids is 1. The molecule has 1 saturated heterocycles. The number of sulfonamides is 1. The van der Waals surface area contributed by atoms with E-state index in [1.165, 1.54) is 21.9 Å². The third-order valence-electron chi connectivity index (χ3n) is 4.98. The van der Waals surface area contributed by atoms with Crippen molar-refractivity contribution in [1.29, 1.82) is 0 Å². The predicted molar refractivity (Wildman–Crippen MR) is 111 cm³/mol. The Morgan fingerprint density at radius 2 is 2.04 bits per heavy atom. The van der Waals surface area contributed by atoms with Gasteiger partial charge in [-0.3, -0.25) is 4.79 Å². The van der Waals surface area contributed by atoms with Gasteiger partial charge >= 0.3 is 0 Å². The van der Waals surface area contributed by atoms with Gasteiger partial charge in [0.05, 0.1) is 23.1 Å². The molecular weight excluding hydrogens is 398 g/mol. The van der Waals surface area contributed by atoms with Crippen LogP contribution in [0.4, 0.5) is 0 Å². The van der Waals surface area contributed by atoms with Crippen LogP contribution < -0.4 is 4.80 Å². The number of piperidine rings is 1. The maximum atomic E-state index is 12.8. The van der Waals surface area contributed by atoms with Gasteiger partial charge in [-0.25, -0.2) is 12.7 Å². The van der Waals surface area contributed by atoms with E-state index in [9.17, 15) is 13.2 Å². The highest BCUT2D eigenvalue weighted by molar-refractivity contribution is 7.88. The van der Waals surface area contributed by atoms with Crippen LogP contribution >= 0.6 is 11.3 Å². The Balaban J connectivity index is 1.86. The number of ether oxygens (including phenoxy) is 1. The van der Waals surface area contributed by atoms with Crippen LogP contribution in [0.5, 0.6) is 0 Å². The number of amides is 1. The number of hydrogen-bond acceptors (Lipinski definition) is 5. The molecule has 0 bridgehead atoms. The molecule has 28 heavy (non-hydrogen) atoms. The third-order valence-corrected chi connectivity index (χ3v) is 7.32. The zero-order valence-corrected chi connectivity index (χ0v) is 18.2. The van der Waals surface area contributed by atoms with Crippen molar-refractivity contribution in [1.82, 2.24) is 8.87 Å². The van der Waals surface area contributed by atoms with E-state index < -0.39 is 10.0 Å². The van der Waals surface area contributed by atoms with Crippen molar-refractivity contribution in [3.05, 3.63) is 28.6 Å². The van der Waals surface area contributed by atoms with Crippen molar-refractivity contribution in [2.75, 3.05) is 32.6 Å². The molecule has 154 valence electrons. The molecule has 2 heterocycles. The Hall–Kier alpha value is -1.55. The minimum atomic E-state index is -3.20. The molecule has 1 aliphatic heterocycles. The van der Waals surface area contributed by atoms with E-state index in [-0.39, 0.29) is 11.8 Å². The monoisotopic (exact) mass is 425 g/mol. The lowest BCUT2D eigenvalue weighted by molar-refractivity contribution is -0.122. The number of benzene rings is 1. The smallest absolute Gasteiger partial charge is 0.251 e. The molecule has 0 aliphatic carbocycles. The highest BCUT2D eigenvalue weighted by Crippen LogP contribution is 2.22. The fourth-order valence-corrected chi connectivity index (χ4v) is 5.44. The van der Waals surface area contributed by atoms with Crippen LogP contribution in [0, 0.1) is 12.8 Å². The van der Waals surface area contributed by atoms with E-state index in [2.05, 4.69) is 23.2 Å². The average Bonchev–Trinajstić information content (AvgIpc) is 2.97. The zero-order chi connectivity index (χ0) is 20.3. The van der Waals surface area contributed by atoms with E-state index in [1.807, 2.05) is 18.4 Å². The molecule has 1 fully saturated rings. The fourth-order valence-electron chi connectivity index (χ4n) is 3.40. The number of nitrogens with zero attached hydrogens (tertiary/aromatic N) is 3. The van der Waals surface area contributed by atoms with E-state index in [0.29, 0.717) is 50.5 Å². The van der Waals surface area contributed by atoms with Crippen LogP contribution in [0.3, 0.4) is 0 Å². The molecule has 1 aromatic carbocycles. The predicted octanol–water partition coefficient (Wildman–Crippen LogP) is 2.15. The minimum Gasteiger partial charge on any atom is -0.380 e. The molecule has 0 N–H and O–H groups in total. The summed E-state index contributed by atoms with van der Waals surface area (Å²) in [6.07, 6.45) is 2.23. The second-order valence-corrected chi connectivity index (χ2v) is 10.1. The van der Waals surface area contributed by atoms with Crippen LogP contribution in [0.25, 0.3) is 10.2 Å². The summed E-state index contributed by atoms with van der Waals surface area (Å²) in [5, 5.41) is 0. The van der Waals surface area contributed by atoms with Crippen LogP contribution in [0.15, 0.2) is 23.2 Å². The minimum absolute atomic E-state index is 0.165. The number of aryl methyl sites for hydroxylation is 1. The van der Waals surface area contributed by atoms with Gasteiger partial charge < -0.3 is 9.30 Å². The normalized spacial score (nSPS) is 17.5. The summed E-state index contributed by atoms with van der Waals surface area (Å²) in [5.74, 6) is -0.396. The third kappa shape index (κ3) is 4.89. The standard InChI is InChI=1S/C19H27N3O4S2/c1-4-26-12-11-22-16-6-5-14(2)13-17(16)27-19(22)20-18(23)15-7-9-21(10-8-15)28(3,24)25/h5-6,13,15H,4,7-12H2,1-3H3. The summed E-state index contributed by atoms with van der Waals surface area (Å²) in [4.78, 5) is 17.9. The van der Waals surface area contributed by atoms with Gasteiger partial charge in [-0.1, -0.05) is 17.4 Å². The lowest BCUT2D eigenvalue weighted by Crippen LogP contribution is -2.39. The molecular formula is C19H27N3O4S2. The maximum absolute atomic E-state index is 12.8. The number of thiazole rings is 1. The van der Waals surface area contributed by atoms with Gasteiger partial charge in [0, 0.05) is 32.2 Å². The molecule has 0 unspecified atom stereocenters. The van der Waals surface area contributed by atoms with Gasteiger partial charge in [0.25, 0.3) is 5.91 Å². The Labute approximate surface area is 169 Å². The number of fused-ring (bicyclic) bond motifs is 1. The molecule has 3 rings (SSSR count). The molecule has 9 heteroatoms. The van der Waals surface area contributed by atoms with E-state index in [4.69, 9.17) is 4.74 Å². The van der Waals surface area contributed by atoms with Crippen LogP contribution in [-0.2, 0) is 26.1 Å². The van der Waals surface area contributed by atoms with Crippen molar-refractivity contribution in [2.45, 2.75) is 33.2 Å². The Kier molecular flexibility index (Phi) is 6.69. The first-order valence-corrected chi connectivity index (χ1v) is 12.2. The lowest BCUT2D eigenvalue weighted by Gasteiger charge is -2.28. The van der Waals surface area contributed by atoms with Crippen LogP contribution in [0.1, 0.15) is 25.3 Å². The Bertz CT molecular complexity index is 1020. The summed E-state index contributed by atoms with van der Waals surface area (Å²) in [6, 6.07) is 6.21. The van der Waals surface area contributed by atoms with Crippen molar-refractivity contribution in [3.8, 4) is 0 Å². The number of hydrogen-bond donors (Lipinski definition) is 0.